The molecule has 1 aromatic heterocycles. The zero-order chi connectivity index (χ0) is 22.1. The summed E-state index contributed by atoms with van der Waals surface area (Å²) in [5.74, 6) is 0.606. The molecule has 1 saturated carbocycles. The van der Waals surface area contributed by atoms with Crippen molar-refractivity contribution in [3.63, 3.8) is 0 Å². The summed E-state index contributed by atoms with van der Waals surface area (Å²) in [6, 6.07) is 9.31. The number of benzene rings is 1. The van der Waals surface area contributed by atoms with Gasteiger partial charge in [0.2, 0.25) is 11.7 Å². The van der Waals surface area contributed by atoms with Crippen LogP contribution in [0.2, 0.25) is 0 Å². The molecule has 0 saturated heterocycles. The van der Waals surface area contributed by atoms with Gasteiger partial charge in [-0.25, -0.2) is 0 Å². The van der Waals surface area contributed by atoms with Crippen LogP contribution in [0.5, 0.6) is 0 Å². The van der Waals surface area contributed by atoms with Gasteiger partial charge in [0.15, 0.2) is 0 Å². The predicted molar refractivity (Wildman–Crippen MR) is 122 cm³/mol. The molecule has 7 nitrogen and oxygen atoms in total. The second-order valence-corrected chi connectivity index (χ2v) is 9.45. The molecule has 2 N–H and O–H groups in total. The smallest absolute Gasteiger partial charge is 0.286 e. The third-order valence-corrected chi connectivity index (χ3v) is 6.18. The van der Waals surface area contributed by atoms with Gasteiger partial charge in [-0.2, -0.15) is 0 Å². The fraction of sp³-hybridized carbons (Fsp3) is 0.565. The van der Waals surface area contributed by atoms with Crippen molar-refractivity contribution >= 4 is 29.1 Å². The highest BCUT2D eigenvalue weighted by Crippen LogP contribution is 2.24. The van der Waals surface area contributed by atoms with Crippen LogP contribution < -0.4 is 10.6 Å². The van der Waals surface area contributed by atoms with Gasteiger partial charge in [-0.05, 0) is 37.3 Å². The summed E-state index contributed by atoms with van der Waals surface area (Å²) in [5.41, 5.74) is 1.05. The van der Waals surface area contributed by atoms with Gasteiger partial charge in [0.05, 0.1) is 6.04 Å². The summed E-state index contributed by atoms with van der Waals surface area (Å²) >= 11 is 1.40. The molecule has 1 unspecified atom stereocenters. The number of aromatic nitrogens is 2. The fourth-order valence-corrected chi connectivity index (χ4v) is 4.38. The molecule has 168 valence electrons. The largest absolute Gasteiger partial charge is 0.408 e. The molecule has 1 aliphatic rings. The molecule has 1 heterocycles. The Labute approximate surface area is 188 Å². The molecule has 1 amide bonds. The molecule has 1 fully saturated rings. The molecule has 1 aliphatic carbocycles. The number of para-hydroxylation sites is 1. The van der Waals surface area contributed by atoms with Crippen LogP contribution in [0.1, 0.15) is 63.1 Å². The van der Waals surface area contributed by atoms with Crippen molar-refractivity contribution < 1.29 is 14.0 Å². The molecule has 0 spiro atoms. The quantitative estimate of drug-likeness (QED) is 0.298. The number of nitrogens with zero attached hydrogens (tertiary/aromatic N) is 2. The van der Waals surface area contributed by atoms with Crippen LogP contribution in [-0.4, -0.2) is 40.2 Å². The van der Waals surface area contributed by atoms with E-state index < -0.39 is 6.04 Å². The fourth-order valence-electron chi connectivity index (χ4n) is 3.76. The van der Waals surface area contributed by atoms with E-state index in [1.165, 1.54) is 18.2 Å². The van der Waals surface area contributed by atoms with Gasteiger partial charge in [0, 0.05) is 23.9 Å². The molecule has 1 atom stereocenters. The van der Waals surface area contributed by atoms with Crippen LogP contribution in [0.25, 0.3) is 0 Å². The second kappa shape index (κ2) is 11.9. The summed E-state index contributed by atoms with van der Waals surface area (Å²) in [4.78, 5) is 25.7. The molecular weight excluding hydrogens is 412 g/mol. The van der Waals surface area contributed by atoms with E-state index in [1.807, 2.05) is 44.2 Å². The van der Waals surface area contributed by atoms with E-state index in [0.29, 0.717) is 11.6 Å². The number of amides is 1. The second-order valence-electron chi connectivity index (χ2n) is 8.40. The Kier molecular flexibility index (Phi) is 8.94. The molecular formula is C23H32N4O3S. The number of Topliss-reactive ketones (excluding diaryl/α,β-unsaturated/α-hetero) is 1. The molecule has 8 heteroatoms. The third-order valence-electron chi connectivity index (χ3n) is 5.36. The normalized spacial score (nSPS) is 15.6. The zero-order valence-corrected chi connectivity index (χ0v) is 19.1. The van der Waals surface area contributed by atoms with Gasteiger partial charge in [-0.1, -0.05) is 63.1 Å². The van der Waals surface area contributed by atoms with E-state index in [2.05, 4.69) is 20.8 Å². The van der Waals surface area contributed by atoms with Crippen LogP contribution in [-0.2, 0) is 4.79 Å². The van der Waals surface area contributed by atoms with Crippen LogP contribution in [0.4, 0.5) is 5.69 Å². The Morgan fingerprint density at radius 3 is 2.58 bits per heavy atom. The molecule has 0 bridgehead atoms. The molecule has 31 heavy (non-hydrogen) atoms. The van der Waals surface area contributed by atoms with Gasteiger partial charge < -0.3 is 15.1 Å². The first-order chi connectivity index (χ1) is 15.0. The first-order valence-corrected chi connectivity index (χ1v) is 12.1. The number of anilines is 1. The maximum atomic E-state index is 13.0. The van der Waals surface area contributed by atoms with Gasteiger partial charge >= 0.3 is 0 Å². The molecule has 1 aromatic carbocycles. The van der Waals surface area contributed by atoms with Crippen molar-refractivity contribution in [2.75, 3.05) is 17.6 Å². The zero-order valence-electron chi connectivity index (χ0n) is 18.3. The topological polar surface area (TPSA) is 97.1 Å². The van der Waals surface area contributed by atoms with E-state index >= 15 is 0 Å². The Balaban J connectivity index is 1.53. The number of ketones is 1. The summed E-state index contributed by atoms with van der Waals surface area (Å²) in [6.45, 7) is 4.79. The van der Waals surface area contributed by atoms with E-state index in [0.717, 1.165) is 43.7 Å². The summed E-state index contributed by atoms with van der Waals surface area (Å²) < 4.78 is 5.60. The first-order valence-electron chi connectivity index (χ1n) is 11.1. The van der Waals surface area contributed by atoms with E-state index in [1.54, 1.807) is 0 Å². The minimum atomic E-state index is -0.632. The SMILES string of the molecule is CC(C)CC(NC(=O)C1CCCCC1)C(=O)c1nnc(SCCNc2ccccc2)o1. The van der Waals surface area contributed by atoms with Crippen molar-refractivity contribution in [3.8, 4) is 0 Å². The van der Waals surface area contributed by atoms with Gasteiger partial charge in [0.1, 0.15) is 0 Å². The third kappa shape index (κ3) is 7.38. The number of hydrogen-bond donors (Lipinski definition) is 2. The van der Waals surface area contributed by atoms with E-state index in [-0.39, 0.29) is 29.4 Å². The minimum absolute atomic E-state index is 0.00197. The van der Waals surface area contributed by atoms with Crippen molar-refractivity contribution in [2.24, 2.45) is 11.8 Å². The van der Waals surface area contributed by atoms with Crippen molar-refractivity contribution in [3.05, 3.63) is 36.2 Å². The first kappa shape index (κ1) is 23.3. The predicted octanol–water partition coefficient (Wildman–Crippen LogP) is 4.57. The summed E-state index contributed by atoms with van der Waals surface area (Å²) in [5, 5.41) is 14.6. The monoisotopic (exact) mass is 444 g/mol. The highest BCUT2D eigenvalue weighted by molar-refractivity contribution is 7.99. The van der Waals surface area contributed by atoms with Crippen LogP contribution >= 0.6 is 11.8 Å². The lowest BCUT2D eigenvalue weighted by Gasteiger charge is -2.24. The Hall–Kier alpha value is -2.35. The van der Waals surface area contributed by atoms with Crippen molar-refractivity contribution in [1.82, 2.24) is 15.5 Å². The number of carbonyl (C=O) groups is 2. The minimum Gasteiger partial charge on any atom is -0.408 e. The van der Waals surface area contributed by atoms with Gasteiger partial charge in [-0.15, -0.1) is 10.2 Å². The number of nitrogens with one attached hydrogen (secondary N) is 2. The lowest BCUT2D eigenvalue weighted by atomic mass is 9.88. The number of carbonyl (C=O) groups excluding carboxylic acids is 2. The highest BCUT2D eigenvalue weighted by Gasteiger charge is 2.30. The lowest BCUT2D eigenvalue weighted by molar-refractivity contribution is -0.126. The summed E-state index contributed by atoms with van der Waals surface area (Å²) in [7, 11) is 0. The number of hydrogen-bond acceptors (Lipinski definition) is 7. The van der Waals surface area contributed by atoms with Crippen LogP contribution in [0.3, 0.4) is 0 Å². The maximum absolute atomic E-state index is 13.0. The van der Waals surface area contributed by atoms with Crippen LogP contribution in [0, 0.1) is 11.8 Å². The van der Waals surface area contributed by atoms with Gasteiger partial charge in [-0.3, -0.25) is 9.59 Å². The molecule has 0 radical (unpaired) electrons. The molecule has 3 rings (SSSR count). The Bertz CT molecular complexity index is 834. The summed E-state index contributed by atoms with van der Waals surface area (Å²) in [6.07, 6.45) is 5.67. The van der Waals surface area contributed by atoms with Crippen molar-refractivity contribution in [2.45, 2.75) is 63.6 Å². The number of thioether (sulfide) groups is 1. The Morgan fingerprint density at radius 2 is 1.87 bits per heavy atom. The molecule has 2 aromatic rings. The average Bonchev–Trinajstić information content (AvgIpc) is 3.25. The van der Waals surface area contributed by atoms with Crippen LogP contribution in [0.15, 0.2) is 40.0 Å². The van der Waals surface area contributed by atoms with E-state index in [4.69, 9.17) is 4.42 Å². The maximum Gasteiger partial charge on any atom is 0.286 e. The molecule has 0 aliphatic heterocycles. The average molecular weight is 445 g/mol. The van der Waals surface area contributed by atoms with E-state index in [9.17, 15) is 9.59 Å². The van der Waals surface area contributed by atoms with Gasteiger partial charge in [0.25, 0.3) is 11.1 Å². The van der Waals surface area contributed by atoms with Crippen molar-refractivity contribution in [1.29, 1.82) is 0 Å². The Morgan fingerprint density at radius 1 is 1.13 bits per heavy atom. The standard InChI is InChI=1S/C23H32N4O3S/c1-16(2)15-19(25-21(29)17-9-5-3-6-10-17)20(28)22-26-27-23(30-22)31-14-13-24-18-11-7-4-8-12-18/h4,7-8,11-12,16-17,19,24H,3,5-6,9-10,13-15H2,1-2H3,(H,25,29). The highest BCUT2D eigenvalue weighted by atomic mass is 32.2. The lowest BCUT2D eigenvalue weighted by Crippen LogP contribution is -2.45. The number of rotatable bonds is 11.